The van der Waals surface area contributed by atoms with Crippen molar-refractivity contribution < 1.29 is 23.9 Å². The van der Waals surface area contributed by atoms with Crippen molar-refractivity contribution in [1.82, 2.24) is 0 Å². The predicted octanol–water partition coefficient (Wildman–Crippen LogP) is 6.64. The molecule has 0 amide bonds. The van der Waals surface area contributed by atoms with E-state index in [1.165, 1.54) is 13.5 Å². The van der Waals surface area contributed by atoms with Gasteiger partial charge in [-0.2, -0.15) is 0 Å². The van der Waals surface area contributed by atoms with E-state index in [0.29, 0.717) is 59.7 Å². The smallest absolute Gasteiger partial charge is 0.338 e. The monoisotopic (exact) mass is 508 g/mol. The van der Waals surface area contributed by atoms with E-state index in [4.69, 9.17) is 9.47 Å². The molecule has 9 atom stereocenters. The third-order valence-electron chi connectivity index (χ3n) is 11.6. The van der Waals surface area contributed by atoms with E-state index in [2.05, 4.69) is 20.8 Å². The summed E-state index contributed by atoms with van der Waals surface area (Å²) in [6.07, 6.45) is 8.95. The minimum absolute atomic E-state index is 0.116. The number of rotatable bonds is 6. The summed E-state index contributed by atoms with van der Waals surface area (Å²) >= 11 is 0. The summed E-state index contributed by atoms with van der Waals surface area (Å²) in [5.41, 5.74) is 0.632. The summed E-state index contributed by atoms with van der Waals surface area (Å²) in [5.74, 6) is 2.85. The molecule has 0 N–H and O–H groups in total. The first-order chi connectivity index (χ1) is 17.7. The molecule has 0 radical (unpaired) electrons. The van der Waals surface area contributed by atoms with Gasteiger partial charge in [0.15, 0.2) is 0 Å². The average molecular weight is 509 g/mol. The van der Waals surface area contributed by atoms with Crippen molar-refractivity contribution in [3.8, 4) is 0 Å². The van der Waals surface area contributed by atoms with Gasteiger partial charge in [-0.05, 0) is 98.0 Å². The highest BCUT2D eigenvalue weighted by Gasteiger charge is 2.65. The summed E-state index contributed by atoms with van der Waals surface area (Å²) in [5, 5.41) is 0. The van der Waals surface area contributed by atoms with E-state index in [-0.39, 0.29) is 28.9 Å². The molecule has 0 saturated heterocycles. The number of ether oxygens (including phenoxy) is 2. The molecule has 5 heteroatoms. The molecule has 0 heterocycles. The molecule has 0 spiro atoms. The lowest BCUT2D eigenvalue weighted by molar-refractivity contribution is -0.172. The van der Waals surface area contributed by atoms with Crippen LogP contribution in [0.25, 0.3) is 0 Å². The Bertz CT molecular complexity index is 1020. The molecule has 4 fully saturated rings. The zero-order valence-electron chi connectivity index (χ0n) is 23.0. The van der Waals surface area contributed by atoms with Crippen LogP contribution in [0.15, 0.2) is 30.3 Å². The molecule has 0 bridgehead atoms. The summed E-state index contributed by atoms with van der Waals surface area (Å²) in [6, 6.07) is 9.37. The van der Waals surface area contributed by atoms with Crippen molar-refractivity contribution in [2.24, 2.45) is 46.3 Å². The molecule has 37 heavy (non-hydrogen) atoms. The fourth-order valence-corrected chi connectivity index (χ4v) is 9.54. The number of fused-ring (bicyclic) bond motifs is 5. The first-order valence-corrected chi connectivity index (χ1v) is 14.5. The maximum Gasteiger partial charge on any atom is 0.338 e. The highest BCUT2D eigenvalue weighted by Crippen LogP contribution is 2.68. The normalized spacial score (nSPS) is 39.6. The van der Waals surface area contributed by atoms with Crippen LogP contribution in [0, 0.1) is 46.3 Å². The topological polar surface area (TPSA) is 69.7 Å². The lowest BCUT2D eigenvalue weighted by Crippen LogP contribution is -2.59. The fraction of sp³-hybridized carbons (Fsp3) is 0.719. The number of Topliss-reactive ketones (excluding diaryl/α,β-unsaturated/α-hetero) is 1. The van der Waals surface area contributed by atoms with Crippen LogP contribution in [0.1, 0.15) is 95.3 Å². The number of carbonyl (C=O) groups excluding carboxylic acids is 3. The van der Waals surface area contributed by atoms with Crippen molar-refractivity contribution in [3.63, 3.8) is 0 Å². The van der Waals surface area contributed by atoms with Crippen LogP contribution in [-0.2, 0) is 19.1 Å². The number of methoxy groups -OCH3 is 1. The lowest BCUT2D eigenvalue weighted by atomic mass is 9.43. The summed E-state index contributed by atoms with van der Waals surface area (Å²) in [6.45, 7) is 7.10. The first kappa shape index (κ1) is 26.4. The molecule has 4 saturated carbocycles. The Hall–Kier alpha value is -2.17. The van der Waals surface area contributed by atoms with Gasteiger partial charge in [-0.25, -0.2) is 4.79 Å². The van der Waals surface area contributed by atoms with E-state index in [1.807, 2.05) is 30.3 Å². The zero-order valence-corrected chi connectivity index (χ0v) is 23.0. The van der Waals surface area contributed by atoms with Crippen molar-refractivity contribution in [2.45, 2.75) is 91.1 Å². The first-order valence-electron chi connectivity index (χ1n) is 14.5. The number of ketones is 1. The van der Waals surface area contributed by atoms with Gasteiger partial charge in [-0.15, -0.1) is 0 Å². The Balaban J connectivity index is 1.47. The minimum Gasteiger partial charge on any atom is -0.469 e. The van der Waals surface area contributed by atoms with Crippen LogP contribution in [0.5, 0.6) is 0 Å². The molecule has 4 aliphatic carbocycles. The van der Waals surface area contributed by atoms with Gasteiger partial charge in [-0.1, -0.05) is 39.0 Å². The summed E-state index contributed by atoms with van der Waals surface area (Å²) < 4.78 is 11.4. The Morgan fingerprint density at radius 3 is 2.54 bits per heavy atom. The molecular weight excluding hydrogens is 464 g/mol. The Morgan fingerprint density at radius 2 is 1.81 bits per heavy atom. The third-order valence-corrected chi connectivity index (χ3v) is 11.6. The third kappa shape index (κ3) is 4.55. The largest absolute Gasteiger partial charge is 0.469 e. The molecule has 202 valence electrons. The summed E-state index contributed by atoms with van der Waals surface area (Å²) in [4.78, 5) is 37.7. The molecular formula is C32H44O5. The van der Waals surface area contributed by atoms with Crippen molar-refractivity contribution in [1.29, 1.82) is 0 Å². The second-order valence-corrected chi connectivity index (χ2v) is 13.0. The van der Waals surface area contributed by atoms with Crippen molar-refractivity contribution in [2.75, 3.05) is 7.11 Å². The van der Waals surface area contributed by atoms with Crippen LogP contribution in [0.2, 0.25) is 0 Å². The number of esters is 2. The van der Waals surface area contributed by atoms with E-state index < -0.39 is 0 Å². The minimum atomic E-state index is -0.228. The van der Waals surface area contributed by atoms with Gasteiger partial charge in [0.1, 0.15) is 11.9 Å². The van der Waals surface area contributed by atoms with Gasteiger partial charge in [-0.3, -0.25) is 9.59 Å². The van der Waals surface area contributed by atoms with E-state index in [9.17, 15) is 14.4 Å². The quantitative estimate of drug-likeness (QED) is 0.403. The maximum atomic E-state index is 13.4. The van der Waals surface area contributed by atoms with Gasteiger partial charge in [0.2, 0.25) is 0 Å². The molecule has 5 rings (SSSR count). The van der Waals surface area contributed by atoms with Crippen molar-refractivity contribution in [3.05, 3.63) is 35.9 Å². The fourth-order valence-electron chi connectivity index (χ4n) is 9.54. The van der Waals surface area contributed by atoms with Crippen LogP contribution in [0.3, 0.4) is 0 Å². The van der Waals surface area contributed by atoms with Gasteiger partial charge in [0.05, 0.1) is 12.7 Å². The molecule has 0 aliphatic heterocycles. The Morgan fingerprint density at radius 1 is 1.05 bits per heavy atom. The molecule has 1 aromatic carbocycles. The summed E-state index contributed by atoms with van der Waals surface area (Å²) in [7, 11) is 1.45. The second kappa shape index (κ2) is 10.2. The second-order valence-electron chi connectivity index (χ2n) is 13.0. The SMILES string of the molecule is COC(=O)CC[C@@H](C)[C@H]1CCC2C3CC[C@@H]4CC(=O)CC[C@]4(C)C3C[C@H](OC(=O)c3ccccc3)[C@@]21C. The predicted molar refractivity (Wildman–Crippen MR) is 142 cm³/mol. The van der Waals surface area contributed by atoms with Crippen LogP contribution in [-0.4, -0.2) is 30.9 Å². The van der Waals surface area contributed by atoms with Crippen molar-refractivity contribution >= 4 is 17.7 Å². The van der Waals surface area contributed by atoms with E-state index in [0.717, 1.165) is 44.9 Å². The molecule has 5 nitrogen and oxygen atoms in total. The van der Waals surface area contributed by atoms with Crippen LogP contribution >= 0.6 is 0 Å². The average Bonchev–Trinajstić information content (AvgIpc) is 3.26. The Labute approximate surface area is 222 Å². The van der Waals surface area contributed by atoms with Crippen LogP contribution < -0.4 is 0 Å². The number of hydrogen-bond donors (Lipinski definition) is 0. The van der Waals surface area contributed by atoms with E-state index in [1.54, 1.807) is 0 Å². The number of benzene rings is 1. The van der Waals surface area contributed by atoms with Gasteiger partial charge in [0.25, 0.3) is 0 Å². The molecule has 1 aromatic rings. The standard InChI is InChI=1S/C32H44O5/c1-20(10-15-29(34)36-4)25-13-14-26-24-12-11-22-18-23(33)16-17-31(22,2)27(24)19-28(32(25,26)3)37-30(35)21-8-6-5-7-9-21/h5-9,20,22,24-28H,10-19H2,1-4H3/t20-,22-,24?,25-,26?,27?,28+,31+,32-/m1/s1. The van der Waals surface area contributed by atoms with Gasteiger partial charge >= 0.3 is 11.9 Å². The molecule has 4 aliphatic rings. The highest BCUT2D eigenvalue weighted by atomic mass is 16.5. The van der Waals surface area contributed by atoms with Gasteiger partial charge < -0.3 is 9.47 Å². The van der Waals surface area contributed by atoms with Crippen LogP contribution in [0.4, 0.5) is 0 Å². The highest BCUT2D eigenvalue weighted by molar-refractivity contribution is 5.89. The van der Waals surface area contributed by atoms with E-state index >= 15 is 0 Å². The van der Waals surface area contributed by atoms with Gasteiger partial charge in [0, 0.05) is 24.7 Å². The zero-order chi connectivity index (χ0) is 26.4. The molecule has 3 unspecified atom stereocenters. The number of carbonyl (C=O) groups is 3. The molecule has 0 aromatic heterocycles. The number of hydrogen-bond acceptors (Lipinski definition) is 5. The lowest BCUT2D eigenvalue weighted by Gasteiger charge is -2.62. The Kier molecular flexibility index (Phi) is 7.28. The maximum absolute atomic E-state index is 13.4.